The molecule has 47 valence electrons. The third kappa shape index (κ3) is 6.54. The molecule has 0 unspecified atom stereocenters. The van der Waals surface area contributed by atoms with Gasteiger partial charge >= 0.3 is 0 Å². The molecular formula is C5H9Cl2Si. The fourth-order valence-corrected chi connectivity index (χ4v) is 1.65. The molecule has 0 bridgehead atoms. The minimum Gasteiger partial charge on any atom is -0.147 e. The van der Waals surface area contributed by atoms with Gasteiger partial charge in [0.05, 0.1) is 0 Å². The summed E-state index contributed by atoms with van der Waals surface area (Å²) in [4.78, 5) is 0. The van der Waals surface area contributed by atoms with Crippen molar-refractivity contribution >= 4 is 29.6 Å². The predicted octanol–water partition coefficient (Wildman–Crippen LogP) is 2.92. The van der Waals surface area contributed by atoms with Crippen molar-refractivity contribution in [2.24, 2.45) is 0 Å². The van der Waals surface area contributed by atoms with Gasteiger partial charge in [-0.15, -0.1) is 28.7 Å². The van der Waals surface area contributed by atoms with Gasteiger partial charge in [0.1, 0.15) is 0 Å². The van der Waals surface area contributed by atoms with Crippen molar-refractivity contribution < 1.29 is 0 Å². The van der Waals surface area contributed by atoms with Gasteiger partial charge in [-0.25, -0.2) is 0 Å². The molecule has 8 heavy (non-hydrogen) atoms. The van der Waals surface area contributed by atoms with Gasteiger partial charge in [-0.3, -0.25) is 0 Å². The number of halogens is 2. The van der Waals surface area contributed by atoms with E-state index in [1.807, 2.05) is 6.08 Å². The van der Waals surface area contributed by atoms with Crippen LogP contribution in [0.2, 0.25) is 6.04 Å². The second-order valence-corrected chi connectivity index (χ2v) is 6.01. The van der Waals surface area contributed by atoms with Gasteiger partial charge in [-0.1, -0.05) is 12.5 Å². The summed E-state index contributed by atoms with van der Waals surface area (Å²) in [6, 6.07) is 0.972. The van der Waals surface area contributed by atoms with E-state index >= 15 is 0 Å². The Morgan fingerprint density at radius 2 is 2.12 bits per heavy atom. The van der Waals surface area contributed by atoms with Gasteiger partial charge in [0.15, 0.2) is 0 Å². The van der Waals surface area contributed by atoms with Crippen molar-refractivity contribution in [3.8, 4) is 0 Å². The number of hydrogen-bond acceptors (Lipinski definition) is 0. The van der Waals surface area contributed by atoms with Crippen molar-refractivity contribution in [1.82, 2.24) is 0 Å². The zero-order valence-electron chi connectivity index (χ0n) is 4.66. The molecule has 0 aromatic carbocycles. The first-order valence-corrected chi connectivity index (χ1v) is 6.28. The Morgan fingerprint density at radius 3 is 2.50 bits per heavy atom. The summed E-state index contributed by atoms with van der Waals surface area (Å²) in [5.41, 5.74) is 0. The first-order chi connectivity index (χ1) is 3.77. The van der Waals surface area contributed by atoms with E-state index in [1.165, 1.54) is 0 Å². The SMILES string of the molecule is C=CCCC[Si](Cl)Cl. The fraction of sp³-hybridized carbons (Fsp3) is 0.600. The second-order valence-electron chi connectivity index (χ2n) is 1.52. The summed E-state index contributed by atoms with van der Waals surface area (Å²) in [7, 11) is -1.01. The first kappa shape index (κ1) is 8.54. The standard InChI is InChI=1S/C5H9Cl2Si/c1-2-3-4-5-8(6)7/h2H,1,3-5H2. The molecule has 0 nitrogen and oxygen atoms in total. The lowest BCUT2D eigenvalue weighted by atomic mass is 10.3. The van der Waals surface area contributed by atoms with E-state index in [0.717, 1.165) is 18.9 Å². The van der Waals surface area contributed by atoms with Crippen molar-refractivity contribution in [3.63, 3.8) is 0 Å². The molecule has 0 saturated carbocycles. The maximum Gasteiger partial charge on any atom is 0.273 e. The van der Waals surface area contributed by atoms with E-state index < -0.39 is 7.42 Å². The Labute approximate surface area is 61.5 Å². The Kier molecular flexibility index (Phi) is 6.05. The lowest BCUT2D eigenvalue weighted by Gasteiger charge is -1.92. The van der Waals surface area contributed by atoms with E-state index in [-0.39, 0.29) is 0 Å². The summed E-state index contributed by atoms with van der Waals surface area (Å²) < 4.78 is 0. The Balaban J connectivity index is 2.81. The van der Waals surface area contributed by atoms with Crippen molar-refractivity contribution in [3.05, 3.63) is 12.7 Å². The largest absolute Gasteiger partial charge is 0.273 e. The summed E-state index contributed by atoms with van der Waals surface area (Å²) in [5.74, 6) is 0. The average Bonchev–Trinajstić information content (AvgIpc) is 1.66. The molecule has 0 atom stereocenters. The third-order valence-electron chi connectivity index (χ3n) is 0.774. The Morgan fingerprint density at radius 1 is 1.50 bits per heavy atom. The van der Waals surface area contributed by atoms with Crippen molar-refractivity contribution in [1.29, 1.82) is 0 Å². The molecule has 3 heteroatoms. The molecular weight excluding hydrogens is 159 g/mol. The molecule has 0 aliphatic rings. The molecule has 1 radical (unpaired) electrons. The van der Waals surface area contributed by atoms with Crippen LogP contribution in [0.15, 0.2) is 12.7 Å². The van der Waals surface area contributed by atoms with E-state index in [1.54, 1.807) is 0 Å². The first-order valence-electron chi connectivity index (χ1n) is 2.55. The number of rotatable bonds is 4. The summed E-state index contributed by atoms with van der Waals surface area (Å²) in [5, 5.41) is 0. The number of unbranched alkanes of at least 4 members (excludes halogenated alkanes) is 1. The molecule has 0 spiro atoms. The van der Waals surface area contributed by atoms with E-state index in [0.29, 0.717) is 0 Å². The van der Waals surface area contributed by atoms with Gasteiger partial charge in [-0.2, -0.15) is 0 Å². The minimum atomic E-state index is -1.01. The molecule has 0 aromatic heterocycles. The van der Waals surface area contributed by atoms with Crippen LogP contribution in [0.4, 0.5) is 0 Å². The minimum absolute atomic E-state index is 0.972. The zero-order chi connectivity index (χ0) is 6.41. The van der Waals surface area contributed by atoms with Crippen LogP contribution >= 0.6 is 22.2 Å². The van der Waals surface area contributed by atoms with Gasteiger partial charge < -0.3 is 0 Å². The van der Waals surface area contributed by atoms with Crippen LogP contribution in [-0.4, -0.2) is 7.42 Å². The van der Waals surface area contributed by atoms with Crippen molar-refractivity contribution in [2.45, 2.75) is 18.9 Å². The highest BCUT2D eigenvalue weighted by Gasteiger charge is 1.99. The Hall–Kier alpha value is 0.537. The topological polar surface area (TPSA) is 0 Å². The normalized spacial score (nSPS) is 9.88. The summed E-state index contributed by atoms with van der Waals surface area (Å²) in [6.45, 7) is 3.58. The molecule has 0 aromatic rings. The van der Waals surface area contributed by atoms with Crippen molar-refractivity contribution in [2.75, 3.05) is 0 Å². The average molecular weight is 168 g/mol. The maximum atomic E-state index is 5.55. The molecule has 0 amide bonds. The number of allylic oxidation sites excluding steroid dienone is 1. The molecule has 0 aliphatic carbocycles. The third-order valence-corrected chi connectivity index (χ3v) is 2.64. The Bertz CT molecular complexity index is 63.4. The molecule has 0 aliphatic heterocycles. The highest BCUT2D eigenvalue weighted by molar-refractivity contribution is 7.33. The lowest BCUT2D eigenvalue weighted by Crippen LogP contribution is -1.89. The second kappa shape index (κ2) is 5.67. The molecule has 0 fully saturated rings. The van der Waals surface area contributed by atoms with Crippen LogP contribution in [-0.2, 0) is 0 Å². The van der Waals surface area contributed by atoms with Crippen LogP contribution in [0.25, 0.3) is 0 Å². The van der Waals surface area contributed by atoms with E-state index in [4.69, 9.17) is 22.2 Å². The fourth-order valence-electron chi connectivity index (χ4n) is 0.380. The highest BCUT2D eigenvalue weighted by atomic mass is 35.7. The van der Waals surface area contributed by atoms with Crippen LogP contribution in [0.5, 0.6) is 0 Å². The monoisotopic (exact) mass is 167 g/mol. The van der Waals surface area contributed by atoms with Crippen LogP contribution in [0.3, 0.4) is 0 Å². The van der Waals surface area contributed by atoms with E-state index in [2.05, 4.69) is 6.58 Å². The smallest absolute Gasteiger partial charge is 0.147 e. The molecule has 0 rings (SSSR count). The molecule has 0 N–H and O–H groups in total. The lowest BCUT2D eigenvalue weighted by molar-refractivity contribution is 0.954. The van der Waals surface area contributed by atoms with Gasteiger partial charge in [0.2, 0.25) is 0 Å². The zero-order valence-corrected chi connectivity index (χ0v) is 7.17. The van der Waals surface area contributed by atoms with Gasteiger partial charge in [0.25, 0.3) is 7.42 Å². The van der Waals surface area contributed by atoms with Gasteiger partial charge in [0, 0.05) is 0 Å². The number of hydrogen-bond donors (Lipinski definition) is 0. The predicted molar refractivity (Wildman–Crippen MR) is 41.7 cm³/mol. The quantitative estimate of drug-likeness (QED) is 0.262. The summed E-state index contributed by atoms with van der Waals surface area (Å²) >= 11 is 11.1. The van der Waals surface area contributed by atoms with Crippen LogP contribution in [0.1, 0.15) is 12.8 Å². The van der Waals surface area contributed by atoms with E-state index in [9.17, 15) is 0 Å². The molecule has 0 saturated heterocycles. The highest BCUT2D eigenvalue weighted by Crippen LogP contribution is 2.07. The molecule has 0 heterocycles. The van der Waals surface area contributed by atoms with Crippen LogP contribution < -0.4 is 0 Å². The van der Waals surface area contributed by atoms with Gasteiger partial charge in [-0.05, 0) is 12.5 Å². The van der Waals surface area contributed by atoms with Crippen LogP contribution in [0, 0.1) is 0 Å². The maximum absolute atomic E-state index is 5.55. The summed E-state index contributed by atoms with van der Waals surface area (Å²) in [6.07, 6.45) is 4.01.